The predicted octanol–water partition coefficient (Wildman–Crippen LogP) is 1.76. The van der Waals surface area contributed by atoms with Gasteiger partial charge in [0.05, 0.1) is 5.69 Å². The van der Waals surface area contributed by atoms with E-state index in [1.165, 1.54) is 0 Å². The van der Waals surface area contributed by atoms with Crippen LogP contribution in [0.15, 0.2) is 30.9 Å². The number of pyridine rings is 1. The van der Waals surface area contributed by atoms with Crippen molar-refractivity contribution in [2.24, 2.45) is 0 Å². The maximum Gasteiger partial charge on any atom is 0.213 e. The number of ether oxygens (including phenoxy) is 1. The van der Waals surface area contributed by atoms with Crippen molar-refractivity contribution in [3.05, 3.63) is 36.5 Å². The molecule has 3 nitrogen and oxygen atoms in total. The molecule has 0 unspecified atom stereocenters. The third-order valence-corrected chi connectivity index (χ3v) is 1.69. The van der Waals surface area contributed by atoms with E-state index in [0.29, 0.717) is 12.5 Å². The summed E-state index contributed by atoms with van der Waals surface area (Å²) in [5.41, 5.74) is 0.994. The van der Waals surface area contributed by atoms with Gasteiger partial charge in [-0.05, 0) is 12.6 Å². The summed E-state index contributed by atoms with van der Waals surface area (Å²) in [5, 5.41) is 3.21. The number of rotatable bonds is 6. The number of hydrogen-bond acceptors (Lipinski definition) is 3. The van der Waals surface area contributed by atoms with Crippen LogP contribution in [0.25, 0.3) is 0 Å². The Balaban J connectivity index is 2.54. The minimum Gasteiger partial charge on any atom is -0.473 e. The Hall–Kier alpha value is -1.35. The third-order valence-electron chi connectivity index (χ3n) is 1.69. The lowest BCUT2D eigenvalue weighted by atomic mass is 10.3. The highest BCUT2D eigenvalue weighted by Gasteiger charge is 1.96. The largest absolute Gasteiger partial charge is 0.473 e. The molecule has 0 atom stereocenters. The van der Waals surface area contributed by atoms with E-state index in [1.54, 1.807) is 6.08 Å². The zero-order valence-corrected chi connectivity index (χ0v) is 8.49. The second-order valence-corrected chi connectivity index (χ2v) is 2.85. The van der Waals surface area contributed by atoms with Gasteiger partial charge in [-0.1, -0.05) is 25.6 Å². The van der Waals surface area contributed by atoms with E-state index in [9.17, 15) is 0 Å². The first-order valence-corrected chi connectivity index (χ1v) is 4.77. The van der Waals surface area contributed by atoms with Gasteiger partial charge >= 0.3 is 0 Å². The van der Waals surface area contributed by atoms with Crippen molar-refractivity contribution in [1.29, 1.82) is 0 Å². The second-order valence-electron chi connectivity index (χ2n) is 2.85. The summed E-state index contributed by atoms with van der Waals surface area (Å²) < 4.78 is 5.32. The fraction of sp³-hybridized carbons (Fsp3) is 0.364. The van der Waals surface area contributed by atoms with Crippen LogP contribution in [-0.2, 0) is 6.54 Å². The number of nitrogens with zero attached hydrogens (tertiary/aromatic N) is 1. The summed E-state index contributed by atoms with van der Waals surface area (Å²) in [6.07, 6.45) is 1.71. The molecule has 0 saturated heterocycles. The minimum absolute atomic E-state index is 0.498. The van der Waals surface area contributed by atoms with Gasteiger partial charge in [0.1, 0.15) is 6.61 Å². The number of nitrogens with one attached hydrogen (secondary N) is 1. The zero-order chi connectivity index (χ0) is 10.2. The number of aromatic nitrogens is 1. The average molecular weight is 192 g/mol. The van der Waals surface area contributed by atoms with Gasteiger partial charge in [0.2, 0.25) is 5.88 Å². The summed E-state index contributed by atoms with van der Waals surface area (Å²) >= 11 is 0. The Labute approximate surface area is 84.8 Å². The van der Waals surface area contributed by atoms with E-state index in [4.69, 9.17) is 4.74 Å². The Kier molecular flexibility index (Phi) is 4.72. The Morgan fingerprint density at radius 1 is 1.57 bits per heavy atom. The van der Waals surface area contributed by atoms with E-state index >= 15 is 0 Å². The molecule has 0 aliphatic rings. The van der Waals surface area contributed by atoms with Crippen molar-refractivity contribution in [1.82, 2.24) is 10.3 Å². The molecule has 1 heterocycles. The van der Waals surface area contributed by atoms with Crippen LogP contribution in [0.5, 0.6) is 5.88 Å². The molecule has 0 fully saturated rings. The Bertz CT molecular complexity index is 286. The zero-order valence-electron chi connectivity index (χ0n) is 8.49. The highest BCUT2D eigenvalue weighted by atomic mass is 16.5. The molecule has 1 aromatic heterocycles. The van der Waals surface area contributed by atoms with Crippen molar-refractivity contribution in [3.8, 4) is 5.88 Å². The van der Waals surface area contributed by atoms with E-state index in [2.05, 4.69) is 23.8 Å². The molecule has 0 aromatic carbocycles. The van der Waals surface area contributed by atoms with Gasteiger partial charge < -0.3 is 10.1 Å². The van der Waals surface area contributed by atoms with Gasteiger partial charge in [-0.15, -0.1) is 0 Å². The van der Waals surface area contributed by atoms with Gasteiger partial charge in [-0.2, -0.15) is 0 Å². The van der Waals surface area contributed by atoms with Crippen LogP contribution in [0, 0.1) is 0 Å². The molecule has 1 aromatic rings. The van der Waals surface area contributed by atoms with Gasteiger partial charge in [0, 0.05) is 12.6 Å². The fourth-order valence-corrected chi connectivity index (χ4v) is 1.03. The Morgan fingerprint density at radius 2 is 2.43 bits per heavy atom. The molecular weight excluding hydrogens is 176 g/mol. The van der Waals surface area contributed by atoms with Gasteiger partial charge in [-0.25, -0.2) is 4.98 Å². The minimum atomic E-state index is 0.498. The molecule has 1 rings (SSSR count). The van der Waals surface area contributed by atoms with Crippen molar-refractivity contribution in [2.75, 3.05) is 13.2 Å². The molecule has 0 saturated carbocycles. The first-order valence-electron chi connectivity index (χ1n) is 4.77. The standard InChI is InChI=1S/C11H16N2O/c1-3-8-14-11-7-5-6-10(13-11)9-12-4-2/h3,5-7,12H,1,4,8-9H2,2H3. The van der Waals surface area contributed by atoms with E-state index < -0.39 is 0 Å². The van der Waals surface area contributed by atoms with Crippen LogP contribution in [0.2, 0.25) is 0 Å². The molecule has 0 aliphatic heterocycles. The van der Waals surface area contributed by atoms with Crippen LogP contribution in [-0.4, -0.2) is 18.1 Å². The fourth-order valence-electron chi connectivity index (χ4n) is 1.03. The van der Waals surface area contributed by atoms with Gasteiger partial charge in [0.15, 0.2) is 0 Å². The smallest absolute Gasteiger partial charge is 0.213 e. The van der Waals surface area contributed by atoms with Gasteiger partial charge in [-0.3, -0.25) is 0 Å². The summed E-state index contributed by atoms with van der Waals surface area (Å²) in [6.45, 7) is 7.87. The highest BCUT2D eigenvalue weighted by Crippen LogP contribution is 2.07. The van der Waals surface area contributed by atoms with Crippen LogP contribution in [0.4, 0.5) is 0 Å². The lowest BCUT2D eigenvalue weighted by molar-refractivity contribution is 0.347. The highest BCUT2D eigenvalue weighted by molar-refractivity contribution is 5.15. The first kappa shape index (κ1) is 10.7. The van der Waals surface area contributed by atoms with Crippen LogP contribution in [0.3, 0.4) is 0 Å². The number of hydrogen-bond donors (Lipinski definition) is 1. The summed E-state index contributed by atoms with van der Waals surface area (Å²) in [6, 6.07) is 5.76. The van der Waals surface area contributed by atoms with Crippen molar-refractivity contribution in [3.63, 3.8) is 0 Å². The molecule has 14 heavy (non-hydrogen) atoms. The van der Waals surface area contributed by atoms with Crippen LogP contribution < -0.4 is 10.1 Å². The van der Waals surface area contributed by atoms with Crippen molar-refractivity contribution < 1.29 is 4.74 Å². The normalized spacial score (nSPS) is 9.79. The molecule has 0 amide bonds. The summed E-state index contributed by atoms with van der Waals surface area (Å²) in [7, 11) is 0. The average Bonchev–Trinajstić information content (AvgIpc) is 2.24. The van der Waals surface area contributed by atoms with Crippen LogP contribution in [0.1, 0.15) is 12.6 Å². The summed E-state index contributed by atoms with van der Waals surface area (Å²) in [4.78, 5) is 4.32. The monoisotopic (exact) mass is 192 g/mol. The maximum absolute atomic E-state index is 5.32. The van der Waals surface area contributed by atoms with Crippen molar-refractivity contribution in [2.45, 2.75) is 13.5 Å². The molecule has 0 spiro atoms. The molecule has 0 bridgehead atoms. The molecule has 1 N–H and O–H groups in total. The second kappa shape index (κ2) is 6.16. The summed E-state index contributed by atoms with van der Waals surface area (Å²) in [5.74, 6) is 0.653. The SMILES string of the molecule is C=CCOc1cccc(CNCC)n1. The van der Waals surface area contributed by atoms with E-state index in [0.717, 1.165) is 18.8 Å². The maximum atomic E-state index is 5.32. The topological polar surface area (TPSA) is 34.1 Å². The van der Waals surface area contributed by atoms with E-state index in [-0.39, 0.29) is 0 Å². The molecule has 3 heteroatoms. The first-order chi connectivity index (χ1) is 6.86. The molecule has 76 valence electrons. The molecular formula is C11H16N2O. The lowest BCUT2D eigenvalue weighted by Gasteiger charge is -2.05. The van der Waals surface area contributed by atoms with E-state index in [1.807, 2.05) is 18.2 Å². The van der Waals surface area contributed by atoms with Crippen LogP contribution >= 0.6 is 0 Å². The Morgan fingerprint density at radius 3 is 3.14 bits per heavy atom. The van der Waals surface area contributed by atoms with Gasteiger partial charge in [0.25, 0.3) is 0 Å². The van der Waals surface area contributed by atoms with Crippen molar-refractivity contribution >= 4 is 0 Å². The predicted molar refractivity (Wildman–Crippen MR) is 57.3 cm³/mol. The third kappa shape index (κ3) is 3.58. The molecule has 0 radical (unpaired) electrons. The quantitative estimate of drug-likeness (QED) is 0.697. The molecule has 0 aliphatic carbocycles. The lowest BCUT2D eigenvalue weighted by Crippen LogP contribution is -2.13.